The summed E-state index contributed by atoms with van der Waals surface area (Å²) in [6.45, 7) is 4.10. The van der Waals surface area contributed by atoms with Crippen molar-refractivity contribution in [3.8, 4) is 5.75 Å². The van der Waals surface area contributed by atoms with Gasteiger partial charge in [0, 0.05) is 31.1 Å². The monoisotopic (exact) mass is 383 g/mol. The maximum atomic E-state index is 12.7. The van der Waals surface area contributed by atoms with Crippen molar-refractivity contribution in [1.82, 2.24) is 20.3 Å². The van der Waals surface area contributed by atoms with Crippen LogP contribution in [0.4, 0.5) is 4.79 Å². The maximum absolute atomic E-state index is 12.7. The van der Waals surface area contributed by atoms with E-state index in [1.807, 2.05) is 6.92 Å². The normalized spacial score (nSPS) is 14.7. The fraction of sp³-hybridized carbons (Fsp3) is 0.263. The summed E-state index contributed by atoms with van der Waals surface area (Å²) in [6, 6.07) is 6.00. The molecule has 1 aliphatic heterocycles. The fourth-order valence-corrected chi connectivity index (χ4v) is 2.99. The number of urea groups is 1. The predicted octanol–water partition coefficient (Wildman–Crippen LogP) is 2.04. The lowest BCUT2D eigenvalue weighted by atomic mass is 10.2. The Balaban J connectivity index is 1.70. The largest absolute Gasteiger partial charge is 0.508 e. The van der Waals surface area contributed by atoms with Crippen LogP contribution in [0.25, 0.3) is 0 Å². The smallest absolute Gasteiger partial charge is 0.332 e. The van der Waals surface area contributed by atoms with Crippen molar-refractivity contribution in [1.29, 1.82) is 5.41 Å². The summed E-state index contributed by atoms with van der Waals surface area (Å²) in [5.41, 5.74) is 2.48. The zero-order valence-corrected chi connectivity index (χ0v) is 15.6. The van der Waals surface area contributed by atoms with Gasteiger partial charge in [0.1, 0.15) is 18.1 Å². The Kier molecular flexibility index (Phi) is 5.44. The number of phenols is 1. The molecule has 0 bridgehead atoms. The standard InChI is InChI=1S/C19H21N5O4/c1-12-17(13(2)28-22-12)9-21-8-15(7-20)24-18(26)11-23(19(24)27)10-14-4-3-5-16(25)6-14/h3-8,20-21,25H,9-11H2,1-2H3/b15-8+,20-7?. The van der Waals surface area contributed by atoms with Crippen LogP contribution >= 0.6 is 0 Å². The zero-order valence-electron chi connectivity index (χ0n) is 15.6. The Morgan fingerprint density at radius 3 is 2.82 bits per heavy atom. The summed E-state index contributed by atoms with van der Waals surface area (Å²) in [5.74, 6) is 0.357. The number of carbonyl (C=O) groups is 2. The number of aryl methyl sites for hydroxylation is 2. The number of rotatable bonds is 7. The molecule has 2 heterocycles. The van der Waals surface area contributed by atoms with Crippen LogP contribution in [0, 0.1) is 19.3 Å². The van der Waals surface area contributed by atoms with Gasteiger partial charge < -0.3 is 25.3 Å². The van der Waals surface area contributed by atoms with Crippen molar-refractivity contribution >= 4 is 18.2 Å². The number of nitrogens with one attached hydrogen (secondary N) is 2. The summed E-state index contributed by atoms with van der Waals surface area (Å²) in [4.78, 5) is 27.4. The molecule has 1 aromatic carbocycles. The number of hydrogen-bond donors (Lipinski definition) is 3. The third kappa shape index (κ3) is 3.88. The van der Waals surface area contributed by atoms with Crippen LogP contribution < -0.4 is 5.32 Å². The molecular formula is C19H21N5O4. The van der Waals surface area contributed by atoms with E-state index in [9.17, 15) is 14.7 Å². The van der Waals surface area contributed by atoms with Gasteiger partial charge in [-0.15, -0.1) is 0 Å². The van der Waals surface area contributed by atoms with Gasteiger partial charge in [-0.05, 0) is 31.5 Å². The third-order valence-electron chi connectivity index (χ3n) is 4.44. The van der Waals surface area contributed by atoms with Crippen LogP contribution in [0.1, 0.15) is 22.6 Å². The molecule has 3 N–H and O–H groups in total. The molecule has 1 aliphatic rings. The molecule has 1 aromatic heterocycles. The lowest BCUT2D eigenvalue weighted by Gasteiger charge is -2.17. The summed E-state index contributed by atoms with van der Waals surface area (Å²) < 4.78 is 5.09. The van der Waals surface area contributed by atoms with Crippen molar-refractivity contribution in [2.75, 3.05) is 6.54 Å². The number of imide groups is 1. The molecule has 0 unspecified atom stereocenters. The van der Waals surface area contributed by atoms with E-state index in [2.05, 4.69) is 10.5 Å². The van der Waals surface area contributed by atoms with E-state index >= 15 is 0 Å². The molecule has 3 rings (SSSR count). The fourth-order valence-electron chi connectivity index (χ4n) is 2.99. The Labute approximate surface area is 161 Å². The van der Waals surface area contributed by atoms with Crippen molar-refractivity contribution in [2.24, 2.45) is 0 Å². The average molecular weight is 383 g/mol. The Bertz CT molecular complexity index is 930. The molecule has 1 fully saturated rings. The Morgan fingerprint density at radius 2 is 2.18 bits per heavy atom. The minimum atomic E-state index is -0.512. The first-order valence-corrected chi connectivity index (χ1v) is 8.66. The van der Waals surface area contributed by atoms with E-state index < -0.39 is 11.9 Å². The first-order valence-electron chi connectivity index (χ1n) is 8.66. The Morgan fingerprint density at radius 1 is 1.39 bits per heavy atom. The van der Waals surface area contributed by atoms with Gasteiger partial charge in [0.25, 0.3) is 5.91 Å². The number of aromatic hydroxyl groups is 1. The average Bonchev–Trinajstić information content (AvgIpc) is 3.12. The van der Waals surface area contributed by atoms with Crippen LogP contribution in [0.3, 0.4) is 0 Å². The summed E-state index contributed by atoms with van der Waals surface area (Å²) in [5, 5.41) is 24.0. The first kappa shape index (κ1) is 19.2. The quantitative estimate of drug-likeness (QED) is 0.497. The SMILES string of the molecule is Cc1noc(C)c1CN/C=C(\C=N)N1C(=O)CN(Cc2cccc(O)c2)C1=O. The number of aromatic nitrogens is 1. The number of benzene rings is 1. The van der Waals surface area contributed by atoms with Crippen LogP contribution in [0.5, 0.6) is 5.75 Å². The second-order valence-corrected chi connectivity index (χ2v) is 6.43. The van der Waals surface area contributed by atoms with Gasteiger partial charge in [-0.25, -0.2) is 9.69 Å². The summed E-state index contributed by atoms with van der Waals surface area (Å²) in [7, 11) is 0. The molecule has 9 nitrogen and oxygen atoms in total. The van der Waals surface area contributed by atoms with Gasteiger partial charge in [-0.2, -0.15) is 0 Å². The highest BCUT2D eigenvalue weighted by atomic mass is 16.5. The van der Waals surface area contributed by atoms with Gasteiger partial charge in [0.15, 0.2) is 0 Å². The molecule has 0 radical (unpaired) electrons. The van der Waals surface area contributed by atoms with Crippen LogP contribution in [0.2, 0.25) is 0 Å². The van der Waals surface area contributed by atoms with E-state index in [4.69, 9.17) is 9.93 Å². The molecule has 146 valence electrons. The van der Waals surface area contributed by atoms with Crippen LogP contribution in [-0.2, 0) is 17.9 Å². The number of hydrogen-bond acceptors (Lipinski definition) is 7. The topological polar surface area (TPSA) is 123 Å². The lowest BCUT2D eigenvalue weighted by Crippen LogP contribution is -2.33. The summed E-state index contributed by atoms with van der Waals surface area (Å²) in [6.07, 6.45) is 2.40. The van der Waals surface area contributed by atoms with Gasteiger partial charge in [0.2, 0.25) is 0 Å². The lowest BCUT2D eigenvalue weighted by molar-refractivity contribution is -0.123. The minimum absolute atomic E-state index is 0.0935. The molecule has 9 heteroatoms. The highest BCUT2D eigenvalue weighted by Crippen LogP contribution is 2.20. The van der Waals surface area contributed by atoms with Gasteiger partial charge in [-0.1, -0.05) is 17.3 Å². The highest BCUT2D eigenvalue weighted by molar-refractivity contribution is 6.07. The number of nitrogens with zero attached hydrogens (tertiary/aromatic N) is 3. The van der Waals surface area contributed by atoms with Crippen LogP contribution in [0.15, 0.2) is 40.7 Å². The molecule has 3 amide bonds. The molecule has 0 saturated carbocycles. The summed E-state index contributed by atoms with van der Waals surface area (Å²) >= 11 is 0. The molecule has 0 aliphatic carbocycles. The van der Waals surface area contributed by atoms with E-state index in [0.29, 0.717) is 17.9 Å². The van der Waals surface area contributed by atoms with Crippen LogP contribution in [-0.4, -0.2) is 44.8 Å². The maximum Gasteiger partial charge on any atom is 0.332 e. The minimum Gasteiger partial charge on any atom is -0.508 e. The first-order chi connectivity index (χ1) is 13.4. The molecule has 28 heavy (non-hydrogen) atoms. The van der Waals surface area contributed by atoms with Gasteiger partial charge in [0.05, 0.1) is 11.4 Å². The number of carbonyl (C=O) groups excluding carboxylic acids is 2. The number of allylic oxidation sites excluding steroid dienone is 1. The molecule has 0 atom stereocenters. The van der Waals surface area contributed by atoms with E-state index in [1.165, 1.54) is 17.2 Å². The second-order valence-electron chi connectivity index (χ2n) is 6.43. The predicted molar refractivity (Wildman–Crippen MR) is 100 cm³/mol. The van der Waals surface area contributed by atoms with Crippen molar-refractivity contribution in [2.45, 2.75) is 26.9 Å². The van der Waals surface area contributed by atoms with Crippen molar-refractivity contribution in [3.05, 3.63) is 58.7 Å². The number of amides is 3. The van der Waals surface area contributed by atoms with E-state index in [-0.39, 0.29) is 24.5 Å². The van der Waals surface area contributed by atoms with E-state index in [0.717, 1.165) is 22.4 Å². The third-order valence-corrected chi connectivity index (χ3v) is 4.44. The van der Waals surface area contributed by atoms with Gasteiger partial charge >= 0.3 is 6.03 Å². The zero-order chi connectivity index (χ0) is 20.3. The van der Waals surface area contributed by atoms with E-state index in [1.54, 1.807) is 25.1 Å². The molecule has 2 aromatic rings. The molecular weight excluding hydrogens is 362 g/mol. The number of phenolic OH excluding ortho intramolecular Hbond substituents is 1. The Hall–Kier alpha value is -3.62. The van der Waals surface area contributed by atoms with Crippen molar-refractivity contribution in [3.63, 3.8) is 0 Å². The second kappa shape index (κ2) is 7.95. The molecule has 0 spiro atoms. The van der Waals surface area contributed by atoms with Crippen molar-refractivity contribution < 1.29 is 19.2 Å². The highest BCUT2D eigenvalue weighted by Gasteiger charge is 2.37. The van der Waals surface area contributed by atoms with Gasteiger partial charge in [-0.3, -0.25) is 4.79 Å². The molecule has 1 saturated heterocycles.